The number of hydrogen-bond donors (Lipinski definition) is 1. The summed E-state index contributed by atoms with van der Waals surface area (Å²) in [7, 11) is 1.86. The summed E-state index contributed by atoms with van der Waals surface area (Å²) in [6, 6.07) is 15.4. The molecule has 0 radical (unpaired) electrons. The van der Waals surface area contributed by atoms with Crippen molar-refractivity contribution in [2.24, 2.45) is 7.05 Å². The SMILES string of the molecule is Cn1c(SCC(=O)Nc2ccc(I)cc2)nnc1-c1cc2cc(Br)ccc2o1. The molecular formula is C19H14BrIN4O2S. The van der Waals surface area contributed by atoms with Gasteiger partial charge in [0.15, 0.2) is 16.7 Å². The van der Waals surface area contributed by atoms with Crippen LogP contribution in [0.3, 0.4) is 0 Å². The summed E-state index contributed by atoms with van der Waals surface area (Å²) in [5.41, 5.74) is 1.56. The fourth-order valence-electron chi connectivity index (χ4n) is 2.64. The molecule has 142 valence electrons. The Morgan fingerprint density at radius 1 is 1.21 bits per heavy atom. The van der Waals surface area contributed by atoms with Crippen molar-refractivity contribution in [1.29, 1.82) is 0 Å². The Kier molecular flexibility index (Phi) is 5.74. The van der Waals surface area contributed by atoms with Gasteiger partial charge in [-0.05, 0) is 71.1 Å². The molecule has 0 unspecified atom stereocenters. The van der Waals surface area contributed by atoms with Gasteiger partial charge >= 0.3 is 0 Å². The molecule has 0 atom stereocenters. The molecule has 0 fully saturated rings. The van der Waals surface area contributed by atoms with Gasteiger partial charge in [-0.15, -0.1) is 10.2 Å². The number of carbonyl (C=O) groups is 1. The van der Waals surface area contributed by atoms with E-state index in [2.05, 4.69) is 54.0 Å². The number of furan rings is 1. The maximum Gasteiger partial charge on any atom is 0.234 e. The van der Waals surface area contributed by atoms with E-state index < -0.39 is 0 Å². The van der Waals surface area contributed by atoms with E-state index in [0.29, 0.717) is 16.7 Å². The molecule has 2 aromatic heterocycles. The van der Waals surface area contributed by atoms with Gasteiger partial charge in [0.05, 0.1) is 5.75 Å². The minimum atomic E-state index is -0.0932. The molecule has 0 bridgehead atoms. The number of rotatable bonds is 5. The molecule has 0 saturated heterocycles. The predicted molar refractivity (Wildman–Crippen MR) is 122 cm³/mol. The average molecular weight is 569 g/mol. The van der Waals surface area contributed by atoms with Gasteiger partial charge in [-0.2, -0.15) is 0 Å². The number of halogens is 2. The number of anilines is 1. The van der Waals surface area contributed by atoms with Gasteiger partial charge in [-0.1, -0.05) is 27.7 Å². The van der Waals surface area contributed by atoms with E-state index in [4.69, 9.17) is 4.42 Å². The second-order valence-electron chi connectivity index (χ2n) is 6.00. The first-order valence-corrected chi connectivity index (χ1v) is 11.1. The molecule has 0 aliphatic carbocycles. The molecule has 0 saturated carbocycles. The van der Waals surface area contributed by atoms with E-state index in [0.717, 1.165) is 24.7 Å². The summed E-state index contributed by atoms with van der Waals surface area (Å²) in [5, 5.41) is 12.9. The number of carbonyl (C=O) groups excluding carboxylic acids is 1. The van der Waals surface area contributed by atoms with Crippen LogP contribution in [0.4, 0.5) is 5.69 Å². The molecule has 0 spiro atoms. The summed E-state index contributed by atoms with van der Waals surface area (Å²) in [6.45, 7) is 0. The molecule has 2 heterocycles. The molecule has 28 heavy (non-hydrogen) atoms. The first-order chi connectivity index (χ1) is 13.5. The van der Waals surface area contributed by atoms with Crippen LogP contribution >= 0.6 is 50.3 Å². The summed E-state index contributed by atoms with van der Waals surface area (Å²) < 4.78 is 9.82. The highest BCUT2D eigenvalue weighted by Crippen LogP contribution is 2.30. The molecule has 9 heteroatoms. The zero-order valence-corrected chi connectivity index (χ0v) is 19.2. The smallest absolute Gasteiger partial charge is 0.234 e. The third-order valence-corrected chi connectivity index (χ3v) is 6.23. The van der Waals surface area contributed by atoms with Crippen molar-refractivity contribution in [3.8, 4) is 11.6 Å². The second-order valence-corrected chi connectivity index (χ2v) is 9.11. The van der Waals surface area contributed by atoms with Crippen LogP contribution in [0.5, 0.6) is 0 Å². The van der Waals surface area contributed by atoms with Crippen molar-refractivity contribution in [2.45, 2.75) is 5.16 Å². The van der Waals surface area contributed by atoms with Crippen LogP contribution in [0.2, 0.25) is 0 Å². The van der Waals surface area contributed by atoms with Crippen molar-refractivity contribution in [2.75, 3.05) is 11.1 Å². The Morgan fingerprint density at radius 2 is 2.00 bits per heavy atom. The van der Waals surface area contributed by atoms with Gasteiger partial charge in [0.1, 0.15) is 5.58 Å². The molecule has 4 aromatic rings. The lowest BCUT2D eigenvalue weighted by atomic mass is 10.2. The second kappa shape index (κ2) is 8.26. The van der Waals surface area contributed by atoms with E-state index >= 15 is 0 Å². The fourth-order valence-corrected chi connectivity index (χ4v) is 4.09. The number of nitrogens with one attached hydrogen (secondary N) is 1. The number of thioether (sulfide) groups is 1. The van der Waals surface area contributed by atoms with E-state index in [-0.39, 0.29) is 11.7 Å². The molecule has 0 aliphatic heterocycles. The van der Waals surface area contributed by atoms with Gasteiger partial charge in [0, 0.05) is 26.2 Å². The van der Waals surface area contributed by atoms with E-state index in [1.807, 2.05) is 60.1 Å². The maximum absolute atomic E-state index is 12.2. The van der Waals surface area contributed by atoms with Crippen LogP contribution in [-0.2, 0) is 11.8 Å². The first-order valence-electron chi connectivity index (χ1n) is 8.27. The summed E-state index contributed by atoms with van der Waals surface area (Å²) in [6.07, 6.45) is 0. The highest BCUT2D eigenvalue weighted by atomic mass is 127. The highest BCUT2D eigenvalue weighted by Gasteiger charge is 2.16. The first kappa shape index (κ1) is 19.5. The van der Waals surface area contributed by atoms with Gasteiger partial charge in [0.25, 0.3) is 0 Å². The van der Waals surface area contributed by atoms with Crippen molar-refractivity contribution < 1.29 is 9.21 Å². The number of amides is 1. The zero-order chi connectivity index (χ0) is 19.7. The average Bonchev–Trinajstić information content (AvgIpc) is 3.24. The third-order valence-electron chi connectivity index (χ3n) is 3.99. The summed E-state index contributed by atoms with van der Waals surface area (Å²) in [4.78, 5) is 12.2. The van der Waals surface area contributed by atoms with Gasteiger partial charge in [-0.3, -0.25) is 4.79 Å². The standard InChI is InChI=1S/C19H14BrIN4O2S/c1-25-18(16-9-11-8-12(20)2-7-15(11)27-16)23-24-19(25)28-10-17(26)22-14-5-3-13(21)4-6-14/h2-9H,10H2,1H3,(H,22,26). The summed E-state index contributed by atoms with van der Waals surface area (Å²) in [5.74, 6) is 1.40. The highest BCUT2D eigenvalue weighted by molar-refractivity contribution is 14.1. The Bertz CT molecular complexity index is 1160. The minimum absolute atomic E-state index is 0.0932. The van der Waals surface area contributed by atoms with Crippen molar-refractivity contribution in [3.05, 3.63) is 56.6 Å². The van der Waals surface area contributed by atoms with Crippen LogP contribution in [0, 0.1) is 3.57 Å². The topological polar surface area (TPSA) is 73.0 Å². The van der Waals surface area contributed by atoms with E-state index in [1.54, 1.807) is 0 Å². The molecule has 1 amide bonds. The van der Waals surface area contributed by atoms with Crippen LogP contribution < -0.4 is 5.32 Å². The zero-order valence-electron chi connectivity index (χ0n) is 14.6. The molecule has 2 aromatic carbocycles. The van der Waals surface area contributed by atoms with Crippen LogP contribution in [0.25, 0.3) is 22.6 Å². The number of aromatic nitrogens is 3. The quantitative estimate of drug-likeness (QED) is 0.260. The van der Waals surface area contributed by atoms with Gasteiger partial charge in [0.2, 0.25) is 5.91 Å². The van der Waals surface area contributed by atoms with Crippen LogP contribution in [-0.4, -0.2) is 26.4 Å². The Hall–Kier alpha value is -1.85. The van der Waals surface area contributed by atoms with Crippen molar-refractivity contribution in [1.82, 2.24) is 14.8 Å². The molecule has 1 N–H and O–H groups in total. The Morgan fingerprint density at radius 3 is 2.79 bits per heavy atom. The number of fused-ring (bicyclic) bond motifs is 1. The molecule has 6 nitrogen and oxygen atoms in total. The monoisotopic (exact) mass is 568 g/mol. The summed E-state index contributed by atoms with van der Waals surface area (Å²) >= 11 is 7.02. The van der Waals surface area contributed by atoms with E-state index in [1.165, 1.54) is 11.8 Å². The van der Waals surface area contributed by atoms with Crippen molar-refractivity contribution >= 4 is 72.8 Å². The van der Waals surface area contributed by atoms with Crippen LogP contribution in [0.15, 0.2) is 62.6 Å². The van der Waals surface area contributed by atoms with Gasteiger partial charge < -0.3 is 14.3 Å². The van der Waals surface area contributed by atoms with Gasteiger partial charge in [-0.25, -0.2) is 0 Å². The lowest BCUT2D eigenvalue weighted by Gasteiger charge is -2.05. The predicted octanol–water partition coefficient (Wildman–Crippen LogP) is 5.33. The fraction of sp³-hybridized carbons (Fsp3) is 0.105. The molecule has 4 rings (SSSR count). The normalized spacial score (nSPS) is 11.1. The van der Waals surface area contributed by atoms with E-state index in [9.17, 15) is 4.79 Å². The van der Waals surface area contributed by atoms with Crippen LogP contribution in [0.1, 0.15) is 0 Å². The molecule has 0 aliphatic rings. The number of nitrogens with zero attached hydrogens (tertiary/aromatic N) is 3. The Labute approximate surface area is 187 Å². The Balaban J connectivity index is 1.45. The minimum Gasteiger partial charge on any atom is -0.453 e. The lowest BCUT2D eigenvalue weighted by molar-refractivity contribution is -0.113. The van der Waals surface area contributed by atoms with Crippen molar-refractivity contribution in [3.63, 3.8) is 0 Å². The number of benzene rings is 2. The molecular weight excluding hydrogens is 555 g/mol. The maximum atomic E-state index is 12.2. The number of hydrogen-bond acceptors (Lipinski definition) is 5. The largest absolute Gasteiger partial charge is 0.453 e. The third kappa shape index (κ3) is 4.26. The lowest BCUT2D eigenvalue weighted by Crippen LogP contribution is -2.14.